The molecule has 0 atom stereocenters. The normalized spacial score (nSPS) is 17.8. The first kappa shape index (κ1) is 14.2. The third-order valence-corrected chi connectivity index (χ3v) is 3.74. The highest BCUT2D eigenvalue weighted by molar-refractivity contribution is 6.00. The summed E-state index contributed by atoms with van der Waals surface area (Å²) in [5, 5.41) is 14.9. The van der Waals surface area contributed by atoms with Crippen molar-refractivity contribution < 1.29 is 14.7 Å². The van der Waals surface area contributed by atoms with Crippen molar-refractivity contribution in [2.75, 3.05) is 7.11 Å². The Hall–Kier alpha value is -2.24. The van der Waals surface area contributed by atoms with Gasteiger partial charge in [-0.3, -0.25) is 4.79 Å². The average molecular weight is 277 g/mol. The molecule has 108 valence electrons. The minimum atomic E-state index is -0.741. The number of amidine groups is 1. The molecule has 1 fully saturated rings. The maximum absolute atomic E-state index is 12.3. The Morgan fingerprint density at radius 1 is 1.45 bits per heavy atom. The van der Waals surface area contributed by atoms with Crippen molar-refractivity contribution >= 4 is 11.7 Å². The average Bonchev–Trinajstić information content (AvgIpc) is 2.96. The molecule has 1 aromatic rings. The Morgan fingerprint density at radius 3 is 2.75 bits per heavy atom. The number of methoxy groups -OCH3 is 1. The van der Waals surface area contributed by atoms with Crippen LogP contribution in [0.3, 0.4) is 0 Å². The molecule has 0 bridgehead atoms. The Balaban J connectivity index is 2.20. The van der Waals surface area contributed by atoms with E-state index in [4.69, 9.17) is 15.7 Å². The van der Waals surface area contributed by atoms with Gasteiger partial charge in [-0.2, -0.15) is 0 Å². The SMILES string of the molecule is COc1cccc(C(=O)NC2(/C(N)=N/O)CCCC2)c1. The zero-order valence-corrected chi connectivity index (χ0v) is 11.4. The molecule has 4 N–H and O–H groups in total. The molecular formula is C14H19N3O3. The van der Waals surface area contributed by atoms with Crippen LogP contribution >= 0.6 is 0 Å². The van der Waals surface area contributed by atoms with Crippen LogP contribution in [-0.2, 0) is 0 Å². The summed E-state index contributed by atoms with van der Waals surface area (Å²) in [4.78, 5) is 12.3. The van der Waals surface area contributed by atoms with Gasteiger partial charge in [0.15, 0.2) is 5.84 Å². The van der Waals surface area contributed by atoms with Gasteiger partial charge in [0.25, 0.3) is 5.91 Å². The van der Waals surface area contributed by atoms with E-state index in [2.05, 4.69) is 10.5 Å². The van der Waals surface area contributed by atoms with Gasteiger partial charge in [0.1, 0.15) is 11.3 Å². The first-order valence-corrected chi connectivity index (χ1v) is 6.56. The van der Waals surface area contributed by atoms with Crippen molar-refractivity contribution in [3.05, 3.63) is 29.8 Å². The van der Waals surface area contributed by atoms with E-state index in [1.807, 2.05) is 0 Å². The number of hydrogen-bond donors (Lipinski definition) is 3. The molecule has 0 heterocycles. The highest BCUT2D eigenvalue weighted by Crippen LogP contribution is 2.30. The van der Waals surface area contributed by atoms with Crippen LogP contribution in [0.1, 0.15) is 36.0 Å². The van der Waals surface area contributed by atoms with Crippen LogP contribution in [0.5, 0.6) is 5.75 Å². The summed E-state index contributed by atoms with van der Waals surface area (Å²) < 4.78 is 5.10. The zero-order valence-electron chi connectivity index (χ0n) is 11.4. The van der Waals surface area contributed by atoms with Crippen LogP contribution in [-0.4, -0.2) is 29.6 Å². The van der Waals surface area contributed by atoms with Crippen LogP contribution in [0, 0.1) is 0 Å². The molecule has 0 aliphatic heterocycles. The van der Waals surface area contributed by atoms with Crippen molar-refractivity contribution in [1.82, 2.24) is 5.32 Å². The highest BCUT2D eigenvalue weighted by atomic mass is 16.5. The monoisotopic (exact) mass is 277 g/mol. The fourth-order valence-electron chi connectivity index (χ4n) is 2.57. The van der Waals surface area contributed by atoms with Gasteiger partial charge >= 0.3 is 0 Å². The second kappa shape index (κ2) is 5.81. The lowest BCUT2D eigenvalue weighted by Gasteiger charge is -2.28. The van der Waals surface area contributed by atoms with Crippen LogP contribution in [0.2, 0.25) is 0 Å². The Morgan fingerprint density at radius 2 is 2.15 bits per heavy atom. The molecule has 1 aliphatic carbocycles. The Labute approximate surface area is 117 Å². The van der Waals surface area contributed by atoms with Gasteiger partial charge in [-0.15, -0.1) is 0 Å². The van der Waals surface area contributed by atoms with Crippen LogP contribution in [0.25, 0.3) is 0 Å². The molecule has 0 spiro atoms. The number of benzene rings is 1. The van der Waals surface area contributed by atoms with Gasteiger partial charge in [-0.05, 0) is 31.0 Å². The van der Waals surface area contributed by atoms with Crippen molar-refractivity contribution in [2.45, 2.75) is 31.2 Å². The van der Waals surface area contributed by atoms with E-state index in [9.17, 15) is 4.79 Å². The Bertz CT molecular complexity index is 522. The van der Waals surface area contributed by atoms with E-state index in [1.165, 1.54) is 0 Å². The molecule has 1 aliphatic rings. The molecule has 0 aromatic heterocycles. The topological polar surface area (TPSA) is 96.9 Å². The van der Waals surface area contributed by atoms with Crippen molar-refractivity contribution in [3.8, 4) is 5.75 Å². The summed E-state index contributed by atoms with van der Waals surface area (Å²) in [5.74, 6) is 0.422. The maximum atomic E-state index is 12.3. The molecule has 1 saturated carbocycles. The number of nitrogens with one attached hydrogen (secondary N) is 1. The largest absolute Gasteiger partial charge is 0.497 e. The lowest BCUT2D eigenvalue weighted by atomic mass is 9.95. The van der Waals surface area contributed by atoms with Crippen LogP contribution in [0.15, 0.2) is 29.4 Å². The molecule has 20 heavy (non-hydrogen) atoms. The summed E-state index contributed by atoms with van der Waals surface area (Å²) in [6, 6.07) is 6.88. The maximum Gasteiger partial charge on any atom is 0.252 e. The Kier molecular flexibility index (Phi) is 4.12. The quantitative estimate of drug-likeness (QED) is 0.336. The second-order valence-corrected chi connectivity index (χ2v) is 4.96. The third kappa shape index (κ3) is 2.68. The lowest BCUT2D eigenvalue weighted by Crippen LogP contribution is -2.55. The van der Waals surface area contributed by atoms with Gasteiger partial charge in [-0.25, -0.2) is 0 Å². The smallest absolute Gasteiger partial charge is 0.252 e. The number of rotatable bonds is 4. The molecule has 1 aromatic carbocycles. The minimum absolute atomic E-state index is 0.0613. The zero-order chi connectivity index (χ0) is 14.6. The number of carbonyl (C=O) groups excluding carboxylic acids is 1. The summed E-state index contributed by atoms with van der Waals surface area (Å²) in [5.41, 5.74) is 5.50. The predicted octanol–water partition coefficient (Wildman–Crippen LogP) is 1.48. The number of carbonyl (C=O) groups is 1. The summed E-state index contributed by atoms with van der Waals surface area (Å²) in [6.45, 7) is 0. The molecule has 6 heteroatoms. The summed E-state index contributed by atoms with van der Waals surface area (Å²) in [6.07, 6.45) is 3.24. The summed E-state index contributed by atoms with van der Waals surface area (Å²) in [7, 11) is 1.55. The molecule has 2 rings (SSSR count). The third-order valence-electron chi connectivity index (χ3n) is 3.74. The standard InChI is InChI=1S/C14H19N3O3/c1-20-11-6-4-5-10(9-11)12(18)16-14(13(15)17-19)7-2-3-8-14/h4-6,9,19H,2-3,7-8H2,1H3,(H2,15,17)(H,16,18). The van der Waals surface area contributed by atoms with Crippen molar-refractivity contribution in [2.24, 2.45) is 10.9 Å². The van der Waals surface area contributed by atoms with Crippen LogP contribution < -0.4 is 15.8 Å². The number of nitrogens with two attached hydrogens (primary N) is 1. The van der Waals surface area contributed by atoms with Gasteiger partial charge in [0, 0.05) is 5.56 Å². The van der Waals surface area contributed by atoms with Crippen LogP contribution in [0.4, 0.5) is 0 Å². The fourth-order valence-corrected chi connectivity index (χ4v) is 2.57. The lowest BCUT2D eigenvalue weighted by molar-refractivity contribution is 0.0922. The molecule has 0 radical (unpaired) electrons. The summed E-state index contributed by atoms with van der Waals surface area (Å²) >= 11 is 0. The first-order valence-electron chi connectivity index (χ1n) is 6.56. The van der Waals surface area contributed by atoms with Gasteiger partial charge < -0.3 is 21.0 Å². The van der Waals surface area contributed by atoms with E-state index >= 15 is 0 Å². The number of hydrogen-bond acceptors (Lipinski definition) is 4. The van der Waals surface area contributed by atoms with E-state index < -0.39 is 5.54 Å². The molecule has 0 saturated heterocycles. The number of ether oxygens (including phenoxy) is 1. The van der Waals surface area contributed by atoms with E-state index in [-0.39, 0.29) is 11.7 Å². The predicted molar refractivity (Wildman–Crippen MR) is 75.1 cm³/mol. The van der Waals surface area contributed by atoms with Crippen molar-refractivity contribution in [3.63, 3.8) is 0 Å². The first-order chi connectivity index (χ1) is 9.61. The molecule has 6 nitrogen and oxygen atoms in total. The molecule has 1 amide bonds. The fraction of sp³-hybridized carbons (Fsp3) is 0.429. The number of nitrogens with zero attached hydrogens (tertiary/aromatic N) is 1. The van der Waals surface area contributed by atoms with E-state index in [1.54, 1.807) is 31.4 Å². The van der Waals surface area contributed by atoms with E-state index in [0.29, 0.717) is 24.2 Å². The van der Waals surface area contributed by atoms with Gasteiger partial charge in [-0.1, -0.05) is 24.1 Å². The van der Waals surface area contributed by atoms with Gasteiger partial charge in [0.2, 0.25) is 0 Å². The number of oxime groups is 1. The van der Waals surface area contributed by atoms with Crippen molar-refractivity contribution in [1.29, 1.82) is 0 Å². The minimum Gasteiger partial charge on any atom is -0.497 e. The molecular weight excluding hydrogens is 258 g/mol. The molecule has 0 unspecified atom stereocenters. The number of amides is 1. The second-order valence-electron chi connectivity index (χ2n) is 4.96. The van der Waals surface area contributed by atoms with Gasteiger partial charge in [0.05, 0.1) is 7.11 Å². The van der Waals surface area contributed by atoms with E-state index in [0.717, 1.165) is 12.8 Å². The highest BCUT2D eigenvalue weighted by Gasteiger charge is 2.39.